The van der Waals surface area contributed by atoms with Gasteiger partial charge in [-0.2, -0.15) is 0 Å². The average molecular weight is 307 g/mol. The lowest BCUT2D eigenvalue weighted by Crippen LogP contribution is -2.41. The van der Waals surface area contributed by atoms with Crippen LogP contribution >= 0.6 is 0 Å². The standard InChI is InChI=1S/C17H25NO2S/c1-2-13-6-5-9-17(10-13,12-18)15-11-21(19,20)16-8-4-3-7-14(15)16/h3-4,7-8,13,15H,2,5-6,9-12,18H2,1H3. The van der Waals surface area contributed by atoms with Gasteiger partial charge < -0.3 is 5.73 Å². The van der Waals surface area contributed by atoms with Crippen molar-refractivity contribution >= 4 is 9.84 Å². The molecule has 0 spiro atoms. The third-order valence-electron chi connectivity index (χ3n) is 5.72. The van der Waals surface area contributed by atoms with Crippen LogP contribution in [-0.2, 0) is 9.84 Å². The summed E-state index contributed by atoms with van der Waals surface area (Å²) in [5.74, 6) is 1.02. The normalized spacial score (nSPS) is 34.6. The first kappa shape index (κ1) is 15.0. The first-order valence-electron chi connectivity index (χ1n) is 8.04. The Morgan fingerprint density at radius 1 is 1.33 bits per heavy atom. The Balaban J connectivity index is 2.03. The van der Waals surface area contributed by atoms with Crippen molar-refractivity contribution in [2.75, 3.05) is 12.3 Å². The number of hydrogen-bond donors (Lipinski definition) is 1. The number of fused-ring (bicyclic) bond motifs is 1. The monoisotopic (exact) mass is 307 g/mol. The maximum Gasteiger partial charge on any atom is 0.179 e. The molecule has 3 unspecified atom stereocenters. The molecule has 2 aliphatic rings. The summed E-state index contributed by atoms with van der Waals surface area (Å²) in [6.45, 7) is 2.83. The highest BCUT2D eigenvalue weighted by Crippen LogP contribution is 2.53. The molecule has 1 aromatic rings. The van der Waals surface area contributed by atoms with Gasteiger partial charge in [0.05, 0.1) is 10.6 Å². The Bertz CT molecular complexity index is 625. The van der Waals surface area contributed by atoms with Gasteiger partial charge in [0, 0.05) is 5.92 Å². The Labute approximate surface area is 127 Å². The minimum Gasteiger partial charge on any atom is -0.330 e. The van der Waals surface area contributed by atoms with Crippen molar-refractivity contribution in [2.45, 2.75) is 49.8 Å². The van der Waals surface area contributed by atoms with E-state index in [0.717, 1.165) is 18.4 Å². The molecule has 0 amide bonds. The zero-order chi connectivity index (χ0) is 15.1. The summed E-state index contributed by atoms with van der Waals surface area (Å²) in [6, 6.07) is 7.53. The second-order valence-corrected chi connectivity index (χ2v) is 8.81. The van der Waals surface area contributed by atoms with E-state index < -0.39 is 9.84 Å². The SMILES string of the molecule is CCC1CCCC(CN)(C2CS(=O)(=O)c3ccccc32)C1. The summed E-state index contributed by atoms with van der Waals surface area (Å²) in [5.41, 5.74) is 7.17. The molecule has 0 radical (unpaired) electrons. The fourth-order valence-corrected chi connectivity index (χ4v) is 6.48. The molecule has 2 N–H and O–H groups in total. The molecule has 3 atom stereocenters. The molecule has 1 aromatic carbocycles. The molecule has 1 saturated carbocycles. The van der Waals surface area contributed by atoms with E-state index in [1.165, 1.54) is 19.3 Å². The minimum absolute atomic E-state index is 0.0292. The molecule has 4 heteroatoms. The number of sulfone groups is 1. The summed E-state index contributed by atoms with van der Waals surface area (Å²) in [4.78, 5) is 0.543. The van der Waals surface area contributed by atoms with Crippen LogP contribution in [0.3, 0.4) is 0 Å². The second kappa shape index (κ2) is 5.40. The van der Waals surface area contributed by atoms with Crippen molar-refractivity contribution in [2.24, 2.45) is 17.1 Å². The van der Waals surface area contributed by atoms with Crippen molar-refractivity contribution in [1.29, 1.82) is 0 Å². The van der Waals surface area contributed by atoms with Gasteiger partial charge in [0.25, 0.3) is 0 Å². The van der Waals surface area contributed by atoms with Gasteiger partial charge in [-0.3, -0.25) is 0 Å². The first-order valence-corrected chi connectivity index (χ1v) is 9.69. The van der Waals surface area contributed by atoms with Crippen LogP contribution in [0.2, 0.25) is 0 Å². The van der Waals surface area contributed by atoms with E-state index in [0.29, 0.717) is 17.4 Å². The molecule has 0 bridgehead atoms. The van der Waals surface area contributed by atoms with Gasteiger partial charge in [-0.05, 0) is 42.3 Å². The molecular weight excluding hydrogens is 282 g/mol. The van der Waals surface area contributed by atoms with Crippen LogP contribution < -0.4 is 5.73 Å². The van der Waals surface area contributed by atoms with Crippen LogP contribution in [0.4, 0.5) is 0 Å². The number of rotatable bonds is 3. The molecule has 3 rings (SSSR count). The molecule has 1 aliphatic heterocycles. The lowest BCUT2D eigenvalue weighted by atomic mass is 9.61. The Hall–Kier alpha value is -0.870. The van der Waals surface area contributed by atoms with Gasteiger partial charge in [-0.25, -0.2) is 8.42 Å². The largest absolute Gasteiger partial charge is 0.330 e. The maximum absolute atomic E-state index is 12.5. The van der Waals surface area contributed by atoms with Crippen molar-refractivity contribution in [1.82, 2.24) is 0 Å². The van der Waals surface area contributed by atoms with Crippen molar-refractivity contribution in [3.05, 3.63) is 29.8 Å². The van der Waals surface area contributed by atoms with Gasteiger partial charge in [0.15, 0.2) is 9.84 Å². The topological polar surface area (TPSA) is 60.2 Å². The summed E-state index contributed by atoms with van der Waals surface area (Å²) >= 11 is 0. The Kier molecular flexibility index (Phi) is 3.87. The van der Waals surface area contributed by atoms with Gasteiger partial charge in [-0.15, -0.1) is 0 Å². The Morgan fingerprint density at radius 3 is 2.81 bits per heavy atom. The molecule has 1 heterocycles. The van der Waals surface area contributed by atoms with Gasteiger partial charge in [-0.1, -0.05) is 44.4 Å². The van der Waals surface area contributed by atoms with Crippen LogP contribution in [0.15, 0.2) is 29.2 Å². The Morgan fingerprint density at radius 2 is 2.10 bits per heavy atom. The fraction of sp³-hybridized carbons (Fsp3) is 0.647. The number of nitrogens with two attached hydrogens (primary N) is 1. The van der Waals surface area contributed by atoms with E-state index in [-0.39, 0.29) is 17.1 Å². The molecule has 1 aliphatic carbocycles. The predicted molar refractivity (Wildman–Crippen MR) is 85.0 cm³/mol. The quantitative estimate of drug-likeness (QED) is 0.933. The molecule has 21 heavy (non-hydrogen) atoms. The highest BCUT2D eigenvalue weighted by molar-refractivity contribution is 7.91. The first-order chi connectivity index (χ1) is 10.0. The van der Waals surface area contributed by atoms with Crippen molar-refractivity contribution in [3.8, 4) is 0 Å². The highest BCUT2D eigenvalue weighted by Gasteiger charge is 2.48. The predicted octanol–water partition coefficient (Wildman–Crippen LogP) is 3.10. The van der Waals surface area contributed by atoms with E-state index in [9.17, 15) is 8.42 Å². The van der Waals surface area contributed by atoms with E-state index in [2.05, 4.69) is 6.92 Å². The number of benzene rings is 1. The second-order valence-electron chi connectivity index (χ2n) is 6.81. The van der Waals surface area contributed by atoms with Crippen molar-refractivity contribution < 1.29 is 8.42 Å². The smallest absolute Gasteiger partial charge is 0.179 e. The van der Waals surface area contributed by atoms with Crippen molar-refractivity contribution in [3.63, 3.8) is 0 Å². The third kappa shape index (κ3) is 2.42. The zero-order valence-corrected chi connectivity index (χ0v) is 13.5. The van der Waals surface area contributed by atoms with E-state index >= 15 is 0 Å². The summed E-state index contributed by atoms with van der Waals surface area (Å²) in [6.07, 6.45) is 5.75. The van der Waals surface area contributed by atoms with E-state index in [1.54, 1.807) is 6.07 Å². The summed E-state index contributed by atoms with van der Waals surface area (Å²) in [5, 5.41) is 0. The van der Waals surface area contributed by atoms with Crippen LogP contribution in [0, 0.1) is 11.3 Å². The third-order valence-corrected chi connectivity index (χ3v) is 7.53. The maximum atomic E-state index is 12.5. The van der Waals surface area contributed by atoms with Crippen LogP contribution in [0.5, 0.6) is 0 Å². The number of hydrogen-bond acceptors (Lipinski definition) is 3. The van der Waals surface area contributed by atoms with Crippen LogP contribution in [0.1, 0.15) is 50.5 Å². The molecule has 116 valence electrons. The molecule has 3 nitrogen and oxygen atoms in total. The lowest BCUT2D eigenvalue weighted by Gasteiger charge is -2.44. The molecule has 1 fully saturated rings. The average Bonchev–Trinajstić information content (AvgIpc) is 2.80. The van der Waals surface area contributed by atoms with Gasteiger partial charge in [0.1, 0.15) is 0 Å². The molecule has 0 saturated heterocycles. The van der Waals surface area contributed by atoms with Gasteiger partial charge >= 0.3 is 0 Å². The minimum atomic E-state index is -3.13. The van der Waals surface area contributed by atoms with Gasteiger partial charge in [0.2, 0.25) is 0 Å². The molecular formula is C17H25NO2S. The fourth-order valence-electron chi connectivity index (χ4n) is 4.47. The van der Waals surface area contributed by atoms with E-state index in [1.807, 2.05) is 18.2 Å². The highest BCUT2D eigenvalue weighted by atomic mass is 32.2. The summed E-state index contributed by atoms with van der Waals surface area (Å²) in [7, 11) is -3.13. The van der Waals surface area contributed by atoms with Crippen LogP contribution in [-0.4, -0.2) is 20.7 Å². The van der Waals surface area contributed by atoms with Crippen LogP contribution in [0.25, 0.3) is 0 Å². The lowest BCUT2D eigenvalue weighted by molar-refractivity contribution is 0.116. The van der Waals surface area contributed by atoms with E-state index in [4.69, 9.17) is 5.73 Å². The zero-order valence-electron chi connectivity index (χ0n) is 12.7. The molecule has 0 aromatic heterocycles. The summed E-state index contributed by atoms with van der Waals surface area (Å²) < 4.78 is 24.9.